The molecule has 2 fully saturated rings. The fourth-order valence-corrected chi connectivity index (χ4v) is 4.09. The zero-order valence-corrected chi connectivity index (χ0v) is 13.9. The molecular weight excluding hydrogens is 278 g/mol. The van der Waals surface area contributed by atoms with Crippen molar-refractivity contribution in [2.75, 3.05) is 6.54 Å². The molecule has 1 aromatic carbocycles. The van der Waals surface area contributed by atoms with Gasteiger partial charge in [-0.2, -0.15) is 0 Å². The van der Waals surface area contributed by atoms with E-state index < -0.39 is 0 Å². The highest BCUT2D eigenvalue weighted by molar-refractivity contribution is 6.30. The lowest BCUT2D eigenvalue weighted by Gasteiger charge is -2.38. The molecule has 21 heavy (non-hydrogen) atoms. The van der Waals surface area contributed by atoms with Crippen LogP contribution in [0.2, 0.25) is 5.02 Å². The summed E-state index contributed by atoms with van der Waals surface area (Å²) in [4.78, 5) is 0. The monoisotopic (exact) mass is 305 g/mol. The van der Waals surface area contributed by atoms with Crippen molar-refractivity contribution >= 4 is 11.6 Å². The zero-order chi connectivity index (χ0) is 14.7. The molecule has 0 saturated heterocycles. The zero-order valence-electron chi connectivity index (χ0n) is 13.2. The van der Waals surface area contributed by atoms with E-state index in [0.717, 1.165) is 28.8 Å². The Kier molecular flexibility index (Phi) is 5.24. The highest BCUT2D eigenvalue weighted by Gasteiger charge is 2.30. The number of rotatable bonds is 5. The Morgan fingerprint density at radius 2 is 1.62 bits per heavy atom. The van der Waals surface area contributed by atoms with Crippen molar-refractivity contribution < 1.29 is 0 Å². The summed E-state index contributed by atoms with van der Waals surface area (Å²) in [5.74, 6) is 2.69. The van der Waals surface area contributed by atoms with E-state index in [-0.39, 0.29) is 0 Å². The second-order valence-electron chi connectivity index (χ2n) is 7.12. The smallest absolute Gasteiger partial charge is 0.0406 e. The van der Waals surface area contributed by atoms with Gasteiger partial charge in [-0.3, -0.25) is 0 Å². The molecule has 2 saturated carbocycles. The lowest BCUT2D eigenvalue weighted by atomic mass is 9.75. The molecule has 1 nitrogen and oxygen atoms in total. The van der Waals surface area contributed by atoms with Gasteiger partial charge in [0, 0.05) is 11.1 Å². The van der Waals surface area contributed by atoms with Crippen LogP contribution >= 0.6 is 11.6 Å². The van der Waals surface area contributed by atoms with Crippen LogP contribution in [0.25, 0.3) is 0 Å². The van der Waals surface area contributed by atoms with Gasteiger partial charge in [-0.15, -0.1) is 0 Å². The standard InChI is InChI=1S/C19H28ClN/c1-2-14-3-5-15(6-4-14)13-21-19-11-17(12-19)16-7-9-18(20)10-8-16/h7-10,14-15,17,19,21H,2-6,11-13H2,1H3. The van der Waals surface area contributed by atoms with E-state index in [1.54, 1.807) is 0 Å². The van der Waals surface area contributed by atoms with Gasteiger partial charge in [-0.25, -0.2) is 0 Å². The molecule has 0 atom stereocenters. The molecule has 0 radical (unpaired) electrons. The Bertz CT molecular complexity index is 427. The highest BCUT2D eigenvalue weighted by atomic mass is 35.5. The van der Waals surface area contributed by atoms with E-state index in [2.05, 4.69) is 24.4 Å². The van der Waals surface area contributed by atoms with Crippen LogP contribution in [-0.4, -0.2) is 12.6 Å². The summed E-state index contributed by atoms with van der Waals surface area (Å²) in [6.45, 7) is 3.59. The molecule has 0 aliphatic heterocycles. The maximum Gasteiger partial charge on any atom is 0.0406 e. The van der Waals surface area contributed by atoms with Crippen molar-refractivity contribution in [3.05, 3.63) is 34.9 Å². The Balaban J connectivity index is 1.35. The molecule has 1 N–H and O–H groups in total. The third-order valence-electron chi connectivity index (χ3n) is 5.72. The minimum atomic E-state index is 0.745. The van der Waals surface area contributed by atoms with Crippen LogP contribution in [-0.2, 0) is 0 Å². The Labute approximate surface area is 134 Å². The summed E-state index contributed by atoms with van der Waals surface area (Å²) in [6, 6.07) is 9.16. The molecule has 3 rings (SSSR count). The largest absolute Gasteiger partial charge is 0.314 e. The first-order valence-corrected chi connectivity index (χ1v) is 9.11. The SMILES string of the molecule is CCC1CCC(CNC2CC(c3ccc(Cl)cc3)C2)CC1. The van der Waals surface area contributed by atoms with Crippen molar-refractivity contribution in [2.24, 2.45) is 11.8 Å². The molecule has 116 valence electrons. The minimum Gasteiger partial charge on any atom is -0.314 e. The van der Waals surface area contributed by atoms with Gasteiger partial charge in [0.15, 0.2) is 0 Å². The van der Waals surface area contributed by atoms with Crippen LogP contribution in [0.15, 0.2) is 24.3 Å². The van der Waals surface area contributed by atoms with E-state index in [0.29, 0.717) is 0 Å². The summed E-state index contributed by atoms with van der Waals surface area (Å²) in [5.41, 5.74) is 1.46. The average molecular weight is 306 g/mol. The molecule has 2 aliphatic rings. The van der Waals surface area contributed by atoms with Crippen LogP contribution in [0.5, 0.6) is 0 Å². The Hall–Kier alpha value is -0.530. The number of hydrogen-bond donors (Lipinski definition) is 1. The molecule has 0 bridgehead atoms. The van der Waals surface area contributed by atoms with Gasteiger partial charge in [0.25, 0.3) is 0 Å². The van der Waals surface area contributed by atoms with E-state index in [4.69, 9.17) is 11.6 Å². The fourth-order valence-electron chi connectivity index (χ4n) is 3.97. The molecule has 0 aromatic heterocycles. The highest BCUT2D eigenvalue weighted by Crippen LogP contribution is 2.37. The van der Waals surface area contributed by atoms with E-state index in [9.17, 15) is 0 Å². The summed E-state index contributed by atoms with van der Waals surface area (Å²) in [5, 5.41) is 4.65. The summed E-state index contributed by atoms with van der Waals surface area (Å²) >= 11 is 5.95. The van der Waals surface area contributed by atoms with Gasteiger partial charge in [0.1, 0.15) is 0 Å². The van der Waals surface area contributed by atoms with Gasteiger partial charge in [-0.1, -0.05) is 49.9 Å². The minimum absolute atomic E-state index is 0.745. The van der Waals surface area contributed by atoms with Gasteiger partial charge < -0.3 is 5.32 Å². The lowest BCUT2D eigenvalue weighted by Crippen LogP contribution is -2.42. The number of halogens is 1. The number of nitrogens with one attached hydrogen (secondary N) is 1. The van der Waals surface area contributed by atoms with Gasteiger partial charge >= 0.3 is 0 Å². The molecule has 0 heterocycles. The Morgan fingerprint density at radius 1 is 1.00 bits per heavy atom. The van der Waals surface area contributed by atoms with Gasteiger partial charge in [0.2, 0.25) is 0 Å². The molecule has 0 spiro atoms. The normalized spacial score (nSPS) is 32.7. The van der Waals surface area contributed by atoms with Crippen molar-refractivity contribution in [1.82, 2.24) is 5.32 Å². The summed E-state index contributed by atoms with van der Waals surface area (Å²) in [6.07, 6.45) is 9.78. The fraction of sp³-hybridized carbons (Fsp3) is 0.684. The quantitative estimate of drug-likeness (QED) is 0.769. The van der Waals surface area contributed by atoms with E-state index >= 15 is 0 Å². The first-order valence-electron chi connectivity index (χ1n) is 8.73. The summed E-state index contributed by atoms with van der Waals surface area (Å²) in [7, 11) is 0. The molecule has 0 amide bonds. The van der Waals surface area contributed by atoms with Crippen molar-refractivity contribution in [2.45, 2.75) is 63.8 Å². The van der Waals surface area contributed by atoms with Gasteiger partial charge in [-0.05, 0) is 67.7 Å². The Morgan fingerprint density at radius 3 is 2.24 bits per heavy atom. The maximum absolute atomic E-state index is 5.95. The maximum atomic E-state index is 5.95. The topological polar surface area (TPSA) is 12.0 Å². The molecule has 1 aromatic rings. The van der Waals surface area contributed by atoms with Crippen LogP contribution < -0.4 is 5.32 Å². The molecule has 0 unspecified atom stereocenters. The second-order valence-corrected chi connectivity index (χ2v) is 7.56. The van der Waals surface area contributed by atoms with Crippen LogP contribution in [0.3, 0.4) is 0 Å². The lowest BCUT2D eigenvalue weighted by molar-refractivity contribution is 0.228. The van der Waals surface area contributed by atoms with E-state index in [1.807, 2.05) is 12.1 Å². The van der Waals surface area contributed by atoms with Crippen molar-refractivity contribution in [3.8, 4) is 0 Å². The first-order chi connectivity index (χ1) is 10.2. The number of hydrogen-bond acceptors (Lipinski definition) is 1. The first kappa shape index (κ1) is 15.4. The average Bonchev–Trinajstić information content (AvgIpc) is 2.48. The third kappa shape index (κ3) is 4.02. The predicted octanol–water partition coefficient (Wildman–Crippen LogP) is 5.39. The van der Waals surface area contributed by atoms with Crippen molar-refractivity contribution in [1.29, 1.82) is 0 Å². The van der Waals surface area contributed by atoms with E-state index in [1.165, 1.54) is 57.1 Å². The van der Waals surface area contributed by atoms with Crippen molar-refractivity contribution in [3.63, 3.8) is 0 Å². The van der Waals surface area contributed by atoms with Gasteiger partial charge in [0.05, 0.1) is 0 Å². The second kappa shape index (κ2) is 7.15. The third-order valence-corrected chi connectivity index (χ3v) is 5.97. The molecule has 2 aliphatic carbocycles. The molecular formula is C19H28ClN. The summed E-state index contributed by atoms with van der Waals surface area (Å²) < 4.78 is 0. The predicted molar refractivity (Wildman–Crippen MR) is 91.0 cm³/mol. The molecule has 2 heteroatoms. The van der Waals surface area contributed by atoms with Crippen LogP contribution in [0.1, 0.15) is 63.4 Å². The number of benzene rings is 1. The van der Waals surface area contributed by atoms with Crippen LogP contribution in [0.4, 0.5) is 0 Å². The van der Waals surface area contributed by atoms with Crippen LogP contribution in [0, 0.1) is 11.8 Å².